The molecule has 2 aliphatic rings. The van der Waals surface area contributed by atoms with Gasteiger partial charge in [0.05, 0.1) is 12.7 Å². The summed E-state index contributed by atoms with van der Waals surface area (Å²) in [5.74, 6) is -0.380. The second-order valence-corrected chi connectivity index (χ2v) is 3.33. The van der Waals surface area contributed by atoms with Crippen molar-refractivity contribution in [1.82, 2.24) is 0 Å². The third-order valence-corrected chi connectivity index (χ3v) is 2.26. The van der Waals surface area contributed by atoms with Crippen LogP contribution >= 0.6 is 0 Å². The van der Waals surface area contributed by atoms with Crippen molar-refractivity contribution in [3.05, 3.63) is 0 Å². The lowest BCUT2D eigenvalue weighted by Gasteiger charge is -2.29. The zero-order valence-electron chi connectivity index (χ0n) is 7.30. The van der Waals surface area contributed by atoms with Crippen LogP contribution in [-0.2, 0) is 19.0 Å². The van der Waals surface area contributed by atoms with E-state index < -0.39 is 18.5 Å². The lowest BCUT2D eigenvalue weighted by atomic mass is 10.1. The number of aliphatic hydroxyl groups is 1. The molecule has 0 aromatic carbocycles. The van der Waals surface area contributed by atoms with Crippen molar-refractivity contribution in [2.24, 2.45) is 0 Å². The molecule has 13 heavy (non-hydrogen) atoms. The molecule has 74 valence electrons. The largest absolute Gasteiger partial charge is 0.457 e. The minimum Gasteiger partial charge on any atom is -0.457 e. The van der Waals surface area contributed by atoms with Crippen molar-refractivity contribution in [2.45, 2.75) is 37.9 Å². The van der Waals surface area contributed by atoms with E-state index in [1.54, 1.807) is 0 Å². The normalized spacial score (nSPS) is 43.2. The average Bonchev–Trinajstić information content (AvgIpc) is 2.44. The van der Waals surface area contributed by atoms with Crippen LogP contribution in [0, 0.1) is 0 Å². The Morgan fingerprint density at radius 1 is 1.62 bits per heavy atom. The van der Waals surface area contributed by atoms with E-state index in [0.29, 0.717) is 13.0 Å². The highest BCUT2D eigenvalue weighted by Gasteiger charge is 2.44. The van der Waals surface area contributed by atoms with Crippen molar-refractivity contribution in [2.75, 3.05) is 6.61 Å². The summed E-state index contributed by atoms with van der Waals surface area (Å²) in [4.78, 5) is 10.7. The first-order valence-electron chi connectivity index (χ1n) is 4.29. The summed E-state index contributed by atoms with van der Waals surface area (Å²) in [6.45, 7) is 1.71. The fourth-order valence-corrected chi connectivity index (χ4v) is 1.65. The van der Waals surface area contributed by atoms with Gasteiger partial charge in [0.1, 0.15) is 6.10 Å². The van der Waals surface area contributed by atoms with Gasteiger partial charge in [-0.05, 0) is 0 Å². The second-order valence-electron chi connectivity index (χ2n) is 3.33. The summed E-state index contributed by atoms with van der Waals surface area (Å²) < 4.78 is 15.4. The molecule has 0 amide bonds. The minimum absolute atomic E-state index is 0.253. The summed E-state index contributed by atoms with van der Waals surface area (Å²) in [6.07, 6.45) is -1.40. The maximum Gasteiger partial charge on any atom is 0.303 e. The number of hydrogen-bond donors (Lipinski definition) is 1. The summed E-state index contributed by atoms with van der Waals surface area (Å²) >= 11 is 0. The summed E-state index contributed by atoms with van der Waals surface area (Å²) in [7, 11) is 0. The lowest BCUT2D eigenvalue weighted by Crippen LogP contribution is -2.43. The topological polar surface area (TPSA) is 65.0 Å². The highest BCUT2D eigenvalue weighted by atomic mass is 16.7. The zero-order valence-corrected chi connectivity index (χ0v) is 7.30. The molecule has 0 radical (unpaired) electrons. The molecule has 0 spiro atoms. The van der Waals surface area contributed by atoms with Gasteiger partial charge in [0.2, 0.25) is 0 Å². The Balaban J connectivity index is 2.00. The molecule has 2 heterocycles. The van der Waals surface area contributed by atoms with E-state index >= 15 is 0 Å². The van der Waals surface area contributed by atoms with Gasteiger partial charge in [0, 0.05) is 13.3 Å². The van der Waals surface area contributed by atoms with E-state index in [2.05, 4.69) is 0 Å². The highest BCUT2D eigenvalue weighted by Crippen LogP contribution is 2.29. The standard InChI is InChI=1S/C8H12O5/c1-4(9)12-6-2-5(10)7-3-11-8(6)13-7/h5-8,10H,2-3H2,1H3/t5-,6+,7+,8+/m0/s1. The monoisotopic (exact) mass is 188 g/mol. The van der Waals surface area contributed by atoms with E-state index in [9.17, 15) is 9.90 Å². The number of carbonyl (C=O) groups is 1. The van der Waals surface area contributed by atoms with E-state index in [-0.39, 0.29) is 12.1 Å². The van der Waals surface area contributed by atoms with Gasteiger partial charge in [0.25, 0.3) is 0 Å². The van der Waals surface area contributed by atoms with Crippen LogP contribution in [0.2, 0.25) is 0 Å². The van der Waals surface area contributed by atoms with E-state index in [4.69, 9.17) is 14.2 Å². The molecule has 0 unspecified atom stereocenters. The number of fused-ring (bicyclic) bond motifs is 2. The summed E-state index contributed by atoms with van der Waals surface area (Å²) in [5, 5.41) is 9.48. The Hall–Kier alpha value is -0.650. The van der Waals surface area contributed by atoms with Crippen molar-refractivity contribution in [1.29, 1.82) is 0 Å². The first-order chi connectivity index (χ1) is 6.16. The molecule has 2 rings (SSSR count). The van der Waals surface area contributed by atoms with Gasteiger partial charge >= 0.3 is 5.97 Å². The Morgan fingerprint density at radius 2 is 2.38 bits per heavy atom. The van der Waals surface area contributed by atoms with Gasteiger partial charge in [-0.3, -0.25) is 4.79 Å². The highest BCUT2D eigenvalue weighted by molar-refractivity contribution is 5.66. The molecule has 2 saturated heterocycles. The lowest BCUT2D eigenvalue weighted by molar-refractivity contribution is -0.201. The number of esters is 1. The van der Waals surface area contributed by atoms with Crippen LogP contribution < -0.4 is 0 Å². The van der Waals surface area contributed by atoms with Gasteiger partial charge in [-0.15, -0.1) is 0 Å². The first-order valence-corrected chi connectivity index (χ1v) is 4.29. The van der Waals surface area contributed by atoms with Crippen LogP contribution in [0.15, 0.2) is 0 Å². The van der Waals surface area contributed by atoms with Crippen LogP contribution in [0.1, 0.15) is 13.3 Å². The van der Waals surface area contributed by atoms with Crippen LogP contribution in [-0.4, -0.2) is 42.3 Å². The third kappa shape index (κ3) is 1.67. The molecule has 0 aromatic rings. The van der Waals surface area contributed by atoms with Gasteiger partial charge < -0.3 is 19.3 Å². The van der Waals surface area contributed by atoms with E-state index in [1.807, 2.05) is 0 Å². The van der Waals surface area contributed by atoms with Crippen molar-refractivity contribution in [3.8, 4) is 0 Å². The molecule has 1 N–H and O–H groups in total. The molecule has 0 aromatic heterocycles. The van der Waals surface area contributed by atoms with Crippen LogP contribution in [0.3, 0.4) is 0 Å². The molecule has 0 aliphatic carbocycles. The fraction of sp³-hybridized carbons (Fsp3) is 0.875. The molecular weight excluding hydrogens is 176 g/mol. The molecule has 5 nitrogen and oxygen atoms in total. The number of ether oxygens (including phenoxy) is 3. The SMILES string of the molecule is CC(=O)O[C@@H]1C[C@H](O)[C@H]2CO[C@@H]1O2. The van der Waals surface area contributed by atoms with Gasteiger partial charge in [0.15, 0.2) is 12.4 Å². The predicted molar refractivity (Wildman–Crippen MR) is 40.8 cm³/mol. The van der Waals surface area contributed by atoms with Gasteiger partial charge in [-0.1, -0.05) is 0 Å². The average molecular weight is 188 g/mol. The first kappa shape index (κ1) is 8.93. The molecular formula is C8H12O5. The van der Waals surface area contributed by atoms with E-state index in [1.165, 1.54) is 6.92 Å². The maximum absolute atomic E-state index is 10.7. The van der Waals surface area contributed by atoms with Gasteiger partial charge in [-0.2, -0.15) is 0 Å². The molecule has 2 aliphatic heterocycles. The molecule has 0 saturated carbocycles. The minimum atomic E-state index is -0.594. The summed E-state index contributed by atoms with van der Waals surface area (Å²) in [6, 6.07) is 0. The maximum atomic E-state index is 10.7. The summed E-state index contributed by atoms with van der Waals surface area (Å²) in [5.41, 5.74) is 0. The smallest absolute Gasteiger partial charge is 0.303 e. The molecule has 2 bridgehead atoms. The Kier molecular flexibility index (Phi) is 2.23. The number of hydrogen-bond acceptors (Lipinski definition) is 5. The van der Waals surface area contributed by atoms with Crippen LogP contribution in [0.25, 0.3) is 0 Å². The number of carbonyl (C=O) groups excluding carboxylic acids is 1. The number of aliphatic hydroxyl groups excluding tert-OH is 1. The second kappa shape index (κ2) is 3.25. The molecule has 5 heteroatoms. The van der Waals surface area contributed by atoms with Crippen molar-refractivity contribution in [3.63, 3.8) is 0 Å². The van der Waals surface area contributed by atoms with Crippen LogP contribution in [0.4, 0.5) is 0 Å². The quantitative estimate of drug-likeness (QED) is 0.558. The van der Waals surface area contributed by atoms with Crippen LogP contribution in [0.5, 0.6) is 0 Å². The fourth-order valence-electron chi connectivity index (χ4n) is 1.65. The van der Waals surface area contributed by atoms with Crippen molar-refractivity contribution >= 4 is 5.97 Å². The Morgan fingerprint density at radius 3 is 3.08 bits per heavy atom. The predicted octanol–water partition coefficient (Wildman–Crippen LogP) is -0.576. The van der Waals surface area contributed by atoms with E-state index in [0.717, 1.165) is 0 Å². The van der Waals surface area contributed by atoms with Crippen molar-refractivity contribution < 1.29 is 24.1 Å². The molecule has 2 fully saturated rings. The third-order valence-electron chi connectivity index (χ3n) is 2.26. The Bertz CT molecular complexity index is 217. The molecule has 4 atom stereocenters. The number of rotatable bonds is 1. The van der Waals surface area contributed by atoms with Gasteiger partial charge in [-0.25, -0.2) is 0 Å². The zero-order chi connectivity index (χ0) is 9.42. The Labute approximate surface area is 75.6 Å².